The van der Waals surface area contributed by atoms with E-state index >= 15 is 0 Å². The summed E-state index contributed by atoms with van der Waals surface area (Å²) in [5.74, 6) is 1.72. The van der Waals surface area contributed by atoms with Crippen LogP contribution in [0.5, 0.6) is 0 Å². The number of carbonyl (C=O) groups excluding carboxylic acids is 1. The van der Waals surface area contributed by atoms with Gasteiger partial charge in [-0.05, 0) is 37.1 Å². The van der Waals surface area contributed by atoms with Gasteiger partial charge < -0.3 is 9.80 Å². The van der Waals surface area contributed by atoms with Gasteiger partial charge in [0, 0.05) is 62.0 Å². The normalized spacial score (nSPS) is 16.0. The summed E-state index contributed by atoms with van der Waals surface area (Å²) in [5.41, 5.74) is 3.71. The largest absolute Gasteiger partial charge is 0.356 e. The van der Waals surface area contributed by atoms with Crippen molar-refractivity contribution in [2.24, 2.45) is 0 Å². The van der Waals surface area contributed by atoms with Crippen LogP contribution >= 0.6 is 0 Å². The Morgan fingerprint density at radius 1 is 0.931 bits per heavy atom. The highest BCUT2D eigenvalue weighted by molar-refractivity contribution is 5.94. The lowest BCUT2D eigenvalue weighted by Gasteiger charge is -2.32. The lowest BCUT2D eigenvalue weighted by Crippen LogP contribution is -2.38. The topological polar surface area (TPSA) is 75.1 Å². The van der Waals surface area contributed by atoms with Crippen molar-refractivity contribution in [1.29, 1.82) is 0 Å². The number of rotatable bonds is 3. The van der Waals surface area contributed by atoms with Crippen molar-refractivity contribution < 1.29 is 4.79 Å². The molecule has 0 spiro atoms. The van der Waals surface area contributed by atoms with Crippen LogP contribution in [0.15, 0.2) is 49.1 Å². The molecule has 0 radical (unpaired) electrons. The predicted molar refractivity (Wildman–Crippen MR) is 109 cm³/mol. The van der Waals surface area contributed by atoms with Crippen LogP contribution in [0.25, 0.3) is 11.4 Å². The van der Waals surface area contributed by atoms with Gasteiger partial charge in [-0.1, -0.05) is 0 Å². The van der Waals surface area contributed by atoms with Gasteiger partial charge in [0.2, 0.25) is 0 Å². The molecule has 3 aromatic heterocycles. The van der Waals surface area contributed by atoms with Crippen molar-refractivity contribution >= 4 is 11.7 Å². The second kappa shape index (κ2) is 7.58. The molecule has 0 N–H and O–H groups in total. The highest BCUT2D eigenvalue weighted by Gasteiger charge is 2.29. The van der Waals surface area contributed by atoms with Crippen LogP contribution < -0.4 is 4.90 Å². The number of aromatic nitrogens is 4. The number of hydrogen-bond acceptors (Lipinski definition) is 6. The Kier molecular flexibility index (Phi) is 4.63. The molecule has 0 aromatic carbocycles. The summed E-state index contributed by atoms with van der Waals surface area (Å²) in [4.78, 5) is 35.2. The molecule has 0 saturated carbocycles. The third kappa shape index (κ3) is 3.44. The molecule has 1 saturated heterocycles. The zero-order chi connectivity index (χ0) is 19.6. The van der Waals surface area contributed by atoms with Crippen molar-refractivity contribution in [3.8, 4) is 11.4 Å². The predicted octanol–water partition coefficient (Wildman–Crippen LogP) is 2.73. The van der Waals surface area contributed by atoms with Crippen molar-refractivity contribution in [2.75, 3.05) is 24.5 Å². The van der Waals surface area contributed by atoms with Crippen molar-refractivity contribution in [2.45, 2.75) is 25.8 Å². The molecule has 7 nitrogen and oxygen atoms in total. The highest BCUT2D eigenvalue weighted by Crippen LogP contribution is 2.31. The molecule has 1 fully saturated rings. The Labute approximate surface area is 169 Å². The van der Waals surface area contributed by atoms with E-state index in [1.165, 1.54) is 12.8 Å². The Balaban J connectivity index is 1.53. The number of pyridine rings is 2. The van der Waals surface area contributed by atoms with E-state index in [0.29, 0.717) is 18.7 Å². The smallest absolute Gasteiger partial charge is 0.255 e. The molecule has 5 heterocycles. The molecule has 3 aromatic rings. The second-order valence-electron chi connectivity index (χ2n) is 7.44. The van der Waals surface area contributed by atoms with Crippen LogP contribution in [0.2, 0.25) is 0 Å². The van der Waals surface area contributed by atoms with E-state index in [2.05, 4.69) is 14.9 Å². The van der Waals surface area contributed by atoms with Gasteiger partial charge in [-0.15, -0.1) is 0 Å². The van der Waals surface area contributed by atoms with Gasteiger partial charge in [0.15, 0.2) is 5.82 Å². The van der Waals surface area contributed by atoms with Gasteiger partial charge in [-0.25, -0.2) is 9.97 Å². The molecule has 2 aliphatic heterocycles. The van der Waals surface area contributed by atoms with E-state index in [-0.39, 0.29) is 5.91 Å². The molecule has 5 rings (SSSR count). The standard InChI is InChI=1S/C22H22N6O/c29-22(17-4-3-8-24-14-17)28-13-7-19-18(15-28)21(27-11-1-2-12-27)26-20(25-19)16-5-9-23-10-6-16/h3-6,8-10,14H,1-2,7,11-13,15H2. The van der Waals surface area contributed by atoms with E-state index in [1.807, 2.05) is 23.1 Å². The molecular weight excluding hydrogens is 364 g/mol. The van der Waals surface area contributed by atoms with Gasteiger partial charge in [0.1, 0.15) is 5.82 Å². The molecule has 0 unspecified atom stereocenters. The summed E-state index contributed by atoms with van der Waals surface area (Å²) in [6.45, 7) is 3.17. The Morgan fingerprint density at radius 3 is 2.52 bits per heavy atom. The number of hydrogen-bond donors (Lipinski definition) is 0. The SMILES string of the molecule is O=C(c1cccnc1)N1CCc2nc(-c3ccncc3)nc(N3CCCC3)c2C1. The van der Waals surface area contributed by atoms with Crippen LogP contribution in [0.3, 0.4) is 0 Å². The van der Waals surface area contributed by atoms with E-state index in [0.717, 1.165) is 48.0 Å². The molecule has 1 amide bonds. The average Bonchev–Trinajstić information content (AvgIpc) is 3.33. The molecule has 146 valence electrons. The average molecular weight is 386 g/mol. The number of anilines is 1. The molecule has 0 aliphatic carbocycles. The van der Waals surface area contributed by atoms with Crippen LogP contribution in [-0.2, 0) is 13.0 Å². The van der Waals surface area contributed by atoms with Gasteiger partial charge >= 0.3 is 0 Å². The fourth-order valence-electron chi connectivity index (χ4n) is 4.06. The molecule has 2 aliphatic rings. The summed E-state index contributed by atoms with van der Waals surface area (Å²) in [6, 6.07) is 7.49. The number of carbonyl (C=O) groups is 1. The molecule has 0 bridgehead atoms. The monoisotopic (exact) mass is 386 g/mol. The van der Waals surface area contributed by atoms with E-state index in [1.54, 1.807) is 30.9 Å². The van der Waals surface area contributed by atoms with Gasteiger partial charge in [0.25, 0.3) is 5.91 Å². The summed E-state index contributed by atoms with van der Waals surface area (Å²) in [6.07, 6.45) is 9.90. The number of amides is 1. The first kappa shape index (κ1) is 17.7. The molecular formula is C22H22N6O. The molecule has 29 heavy (non-hydrogen) atoms. The Bertz CT molecular complexity index is 1020. The Hall–Kier alpha value is -3.35. The van der Waals surface area contributed by atoms with Crippen molar-refractivity contribution in [1.82, 2.24) is 24.8 Å². The maximum Gasteiger partial charge on any atom is 0.255 e. The minimum atomic E-state index is 0.00864. The maximum absolute atomic E-state index is 13.0. The summed E-state index contributed by atoms with van der Waals surface area (Å²) in [5, 5.41) is 0. The van der Waals surface area contributed by atoms with Gasteiger partial charge in [-0.3, -0.25) is 14.8 Å². The van der Waals surface area contributed by atoms with E-state index in [4.69, 9.17) is 9.97 Å². The van der Waals surface area contributed by atoms with Crippen LogP contribution in [-0.4, -0.2) is 50.4 Å². The fraction of sp³-hybridized carbons (Fsp3) is 0.318. The summed E-state index contributed by atoms with van der Waals surface area (Å²) >= 11 is 0. The van der Waals surface area contributed by atoms with Crippen LogP contribution in [0.1, 0.15) is 34.5 Å². The minimum Gasteiger partial charge on any atom is -0.356 e. The third-order valence-electron chi connectivity index (χ3n) is 5.58. The van der Waals surface area contributed by atoms with Gasteiger partial charge in [-0.2, -0.15) is 0 Å². The molecule has 0 atom stereocenters. The third-order valence-corrected chi connectivity index (χ3v) is 5.58. The molecule has 7 heteroatoms. The highest BCUT2D eigenvalue weighted by atomic mass is 16.2. The zero-order valence-electron chi connectivity index (χ0n) is 16.2. The quantitative estimate of drug-likeness (QED) is 0.689. The summed E-state index contributed by atoms with van der Waals surface area (Å²) < 4.78 is 0. The lowest BCUT2D eigenvalue weighted by molar-refractivity contribution is 0.0733. The van der Waals surface area contributed by atoms with Gasteiger partial charge in [0.05, 0.1) is 17.8 Å². The summed E-state index contributed by atoms with van der Waals surface area (Å²) in [7, 11) is 0. The van der Waals surface area contributed by atoms with Crippen LogP contribution in [0.4, 0.5) is 5.82 Å². The van der Waals surface area contributed by atoms with E-state index in [9.17, 15) is 4.79 Å². The fourth-order valence-corrected chi connectivity index (χ4v) is 4.06. The minimum absolute atomic E-state index is 0.00864. The lowest BCUT2D eigenvalue weighted by atomic mass is 10.0. The van der Waals surface area contributed by atoms with E-state index < -0.39 is 0 Å². The Morgan fingerprint density at radius 2 is 1.76 bits per heavy atom. The number of nitrogens with zero attached hydrogens (tertiary/aromatic N) is 6. The van der Waals surface area contributed by atoms with Crippen LogP contribution in [0, 0.1) is 0 Å². The first-order valence-electron chi connectivity index (χ1n) is 10.0. The second-order valence-corrected chi connectivity index (χ2v) is 7.44. The first-order valence-corrected chi connectivity index (χ1v) is 10.0. The maximum atomic E-state index is 13.0. The van der Waals surface area contributed by atoms with Crippen molar-refractivity contribution in [3.05, 3.63) is 65.9 Å². The number of fused-ring (bicyclic) bond motifs is 1. The van der Waals surface area contributed by atoms with Crippen molar-refractivity contribution in [3.63, 3.8) is 0 Å². The first-order chi connectivity index (χ1) is 14.3. The zero-order valence-corrected chi connectivity index (χ0v) is 16.2.